The minimum absolute atomic E-state index is 0.0745. The lowest BCUT2D eigenvalue weighted by Crippen LogP contribution is -2.62. The predicted molar refractivity (Wildman–Crippen MR) is 192 cm³/mol. The first-order valence-electron chi connectivity index (χ1n) is 18.1. The number of amides is 3. The highest BCUT2D eigenvalue weighted by molar-refractivity contribution is 6.00. The normalized spacial score (nSPS) is 29.9. The summed E-state index contributed by atoms with van der Waals surface area (Å²) in [5.74, 6) is -3.58. The van der Waals surface area contributed by atoms with Gasteiger partial charge in [-0.3, -0.25) is 19.2 Å². The van der Waals surface area contributed by atoms with Crippen LogP contribution in [0.1, 0.15) is 71.0 Å². The van der Waals surface area contributed by atoms with Crippen molar-refractivity contribution in [1.82, 2.24) is 15.1 Å². The van der Waals surface area contributed by atoms with Crippen LogP contribution in [0.4, 0.5) is 0 Å². The maximum atomic E-state index is 15.2. The fourth-order valence-electron chi connectivity index (χ4n) is 8.85. The average molecular weight is 698 g/mol. The number of nitrogens with zero attached hydrogens (tertiary/aromatic N) is 2. The van der Waals surface area contributed by atoms with Crippen molar-refractivity contribution in [2.45, 2.75) is 95.7 Å². The minimum Gasteiger partial charge on any atom is -0.463 e. The third-order valence-electron chi connectivity index (χ3n) is 10.6. The number of aliphatic hydroxyl groups excluding tert-OH is 1. The fraction of sp³-hybridized carbons (Fsp3) is 0.512. The summed E-state index contributed by atoms with van der Waals surface area (Å²) in [4.78, 5) is 60.8. The van der Waals surface area contributed by atoms with Crippen LogP contribution in [0.2, 0.25) is 0 Å². The summed E-state index contributed by atoms with van der Waals surface area (Å²) in [6, 6.07) is 16.3. The number of esters is 1. The number of benzene rings is 2. The Balaban J connectivity index is 1.46. The van der Waals surface area contributed by atoms with Gasteiger partial charge in [-0.25, -0.2) is 0 Å². The molecule has 1 spiro atoms. The lowest BCUT2D eigenvalue weighted by molar-refractivity contribution is -0.154. The number of nitrogens with one attached hydrogen (secondary N) is 1. The molecule has 0 aromatic heterocycles. The van der Waals surface area contributed by atoms with Gasteiger partial charge in [0.2, 0.25) is 17.7 Å². The Morgan fingerprint density at radius 1 is 0.941 bits per heavy atom. The topological polar surface area (TPSA) is 125 Å². The molecule has 2 fully saturated rings. The molecule has 51 heavy (non-hydrogen) atoms. The van der Waals surface area contributed by atoms with E-state index >= 15 is 9.59 Å². The molecule has 0 aliphatic carbocycles. The first-order valence-corrected chi connectivity index (χ1v) is 18.1. The second-order valence-corrected chi connectivity index (χ2v) is 16.1. The van der Waals surface area contributed by atoms with Crippen molar-refractivity contribution in [3.63, 3.8) is 0 Å². The minimum atomic E-state index is -1.49. The van der Waals surface area contributed by atoms with Gasteiger partial charge in [0.25, 0.3) is 0 Å². The smallest absolute Gasteiger partial charge is 0.306 e. The number of rotatable bonds is 7. The Hall–Kier alpha value is -4.28. The van der Waals surface area contributed by atoms with Gasteiger partial charge in [0, 0.05) is 18.5 Å². The van der Waals surface area contributed by atoms with E-state index in [1.54, 1.807) is 12.2 Å². The molecule has 272 valence electrons. The number of fused-ring (bicyclic) bond motifs is 2. The summed E-state index contributed by atoms with van der Waals surface area (Å²) in [7, 11) is 0. The molecule has 4 heterocycles. The van der Waals surface area contributed by atoms with E-state index in [9.17, 15) is 14.7 Å². The van der Waals surface area contributed by atoms with Crippen molar-refractivity contribution >= 4 is 23.7 Å². The van der Waals surface area contributed by atoms with Gasteiger partial charge in [0.15, 0.2) is 0 Å². The summed E-state index contributed by atoms with van der Waals surface area (Å²) >= 11 is 0. The predicted octanol–water partition coefficient (Wildman–Crippen LogP) is 4.53. The molecule has 6 rings (SSSR count). The third-order valence-corrected chi connectivity index (χ3v) is 10.6. The Morgan fingerprint density at radius 3 is 2.29 bits per heavy atom. The monoisotopic (exact) mass is 697 g/mol. The van der Waals surface area contributed by atoms with E-state index in [1.807, 2.05) is 91.6 Å². The Morgan fingerprint density at radius 2 is 1.63 bits per heavy atom. The number of cyclic esters (lactones) is 1. The van der Waals surface area contributed by atoms with E-state index in [0.717, 1.165) is 11.1 Å². The highest BCUT2D eigenvalue weighted by Gasteiger charge is 2.72. The number of carbonyl (C=O) groups excluding carboxylic acids is 4. The van der Waals surface area contributed by atoms with Crippen molar-refractivity contribution < 1.29 is 33.8 Å². The number of carbonyl (C=O) groups is 4. The molecule has 4 aliphatic rings. The summed E-state index contributed by atoms with van der Waals surface area (Å²) in [5, 5.41) is 14.0. The third kappa shape index (κ3) is 7.26. The summed E-state index contributed by atoms with van der Waals surface area (Å²) in [6.07, 6.45) is 7.90. The second-order valence-electron chi connectivity index (χ2n) is 16.1. The molecule has 0 radical (unpaired) electrons. The number of aliphatic hydroxyl groups is 1. The van der Waals surface area contributed by atoms with Gasteiger partial charge in [0.05, 0.1) is 36.6 Å². The lowest BCUT2D eigenvalue weighted by Gasteiger charge is -2.45. The van der Waals surface area contributed by atoms with E-state index in [4.69, 9.17) is 9.47 Å². The Bertz CT molecular complexity index is 1670. The van der Waals surface area contributed by atoms with Gasteiger partial charge < -0.3 is 29.7 Å². The first-order chi connectivity index (χ1) is 24.3. The van der Waals surface area contributed by atoms with E-state index < -0.39 is 59.0 Å². The molecule has 10 nitrogen and oxygen atoms in total. The maximum absolute atomic E-state index is 15.2. The zero-order valence-electron chi connectivity index (χ0n) is 30.3. The van der Waals surface area contributed by atoms with Crippen LogP contribution < -0.4 is 5.32 Å². The van der Waals surface area contributed by atoms with Crippen LogP contribution in [-0.2, 0) is 35.1 Å². The molecular formula is C41H51N3O7. The van der Waals surface area contributed by atoms with Crippen LogP contribution in [0.25, 0.3) is 0 Å². The van der Waals surface area contributed by atoms with Gasteiger partial charge in [-0.1, -0.05) is 106 Å². The zero-order chi connectivity index (χ0) is 36.6. The molecule has 0 bridgehead atoms. The summed E-state index contributed by atoms with van der Waals surface area (Å²) in [5.41, 5.74) is -0.526. The number of likely N-dealkylation sites (tertiary alicyclic amines) is 1. The molecule has 0 unspecified atom stereocenters. The summed E-state index contributed by atoms with van der Waals surface area (Å²) in [6.45, 7) is 10.3. The van der Waals surface area contributed by atoms with Crippen molar-refractivity contribution in [2.24, 2.45) is 17.3 Å². The van der Waals surface area contributed by atoms with Crippen LogP contribution in [0.15, 0.2) is 85.0 Å². The van der Waals surface area contributed by atoms with Gasteiger partial charge in [-0.15, -0.1) is 0 Å². The van der Waals surface area contributed by atoms with Crippen molar-refractivity contribution in [2.75, 3.05) is 19.8 Å². The van der Waals surface area contributed by atoms with Crippen molar-refractivity contribution in [3.8, 4) is 0 Å². The number of ether oxygens (including phenoxy) is 2. The van der Waals surface area contributed by atoms with Crippen molar-refractivity contribution in [1.29, 1.82) is 0 Å². The van der Waals surface area contributed by atoms with Gasteiger partial charge >= 0.3 is 5.97 Å². The maximum Gasteiger partial charge on any atom is 0.306 e. The molecular weight excluding hydrogens is 646 g/mol. The molecule has 0 saturated carbocycles. The highest BCUT2D eigenvalue weighted by Crippen LogP contribution is 2.54. The Labute approximate surface area is 300 Å². The summed E-state index contributed by atoms with van der Waals surface area (Å²) < 4.78 is 12.5. The SMILES string of the molecule is CC(C)(C)CC(C)(C)N1CC=C[C@]23O[C@@H]4/C=C\CCC(=O)OC[C@@H](c5ccccc5)NC(=O)[C@@H]4[C@H]2C(=O)N([C@@H](CO)Cc2ccccc2)[C@@H]3C1=O. The van der Waals surface area contributed by atoms with E-state index in [0.29, 0.717) is 25.8 Å². The first kappa shape index (κ1) is 36.5. The number of hydrogen-bond donors (Lipinski definition) is 2. The fourth-order valence-corrected chi connectivity index (χ4v) is 8.85. The zero-order valence-corrected chi connectivity index (χ0v) is 30.3. The average Bonchev–Trinajstić information content (AvgIpc) is 3.47. The molecule has 3 amide bonds. The molecule has 10 heteroatoms. The lowest BCUT2D eigenvalue weighted by atomic mass is 9.77. The molecule has 2 aromatic carbocycles. The van der Waals surface area contributed by atoms with Gasteiger partial charge in [-0.05, 0) is 49.7 Å². The van der Waals surface area contributed by atoms with Gasteiger partial charge in [0.1, 0.15) is 18.2 Å². The number of allylic oxidation sites excluding steroid dienone is 1. The quantitative estimate of drug-likeness (QED) is 0.322. The molecule has 2 N–H and O–H groups in total. The Kier molecular flexibility index (Phi) is 10.3. The van der Waals surface area contributed by atoms with E-state index in [1.165, 1.54) is 4.90 Å². The van der Waals surface area contributed by atoms with E-state index in [2.05, 4.69) is 26.1 Å². The van der Waals surface area contributed by atoms with Crippen LogP contribution in [-0.4, -0.2) is 87.7 Å². The number of hydrogen-bond acceptors (Lipinski definition) is 7. The van der Waals surface area contributed by atoms with Crippen LogP contribution in [0.5, 0.6) is 0 Å². The largest absolute Gasteiger partial charge is 0.463 e. The standard InChI is InChI=1S/C41H51N3O7/c1-39(2,3)26-40(4,5)43-22-14-21-41-34(37(48)44(35(41)38(43)49)29(24-45)23-27-15-8-6-9-16-27)33-31(51-41)19-12-13-20-32(46)50-25-30(42-36(33)47)28-17-10-7-11-18-28/h6-12,14-19,21,29-31,33-35,45H,13,20,22-26H2,1-5H3,(H,42,47)/b19-12-/t29-,30+,31-,33+,34+,35-,41+/m1/s1. The van der Waals surface area contributed by atoms with Gasteiger partial charge in [-0.2, -0.15) is 0 Å². The van der Waals surface area contributed by atoms with Crippen LogP contribution in [0.3, 0.4) is 0 Å². The second kappa shape index (κ2) is 14.4. The molecule has 7 atom stereocenters. The molecule has 4 aliphatic heterocycles. The highest BCUT2D eigenvalue weighted by atomic mass is 16.5. The molecule has 2 aromatic rings. The van der Waals surface area contributed by atoms with Crippen molar-refractivity contribution in [3.05, 3.63) is 96.1 Å². The molecule has 2 saturated heterocycles. The van der Waals surface area contributed by atoms with E-state index in [-0.39, 0.29) is 36.9 Å². The van der Waals surface area contributed by atoms with Crippen LogP contribution in [0, 0.1) is 17.3 Å². The van der Waals surface area contributed by atoms with Crippen LogP contribution >= 0.6 is 0 Å².